The van der Waals surface area contributed by atoms with Crippen molar-refractivity contribution in [1.82, 2.24) is 4.98 Å². The number of rotatable bonds is 3. The lowest BCUT2D eigenvalue weighted by Gasteiger charge is -2.28. The molecule has 17 heavy (non-hydrogen) atoms. The Labute approximate surface area is 108 Å². The summed E-state index contributed by atoms with van der Waals surface area (Å²) in [6.07, 6.45) is 9.11. The third-order valence-corrected chi connectivity index (χ3v) is 4.54. The summed E-state index contributed by atoms with van der Waals surface area (Å²) < 4.78 is 0. The SMILES string of the molecule is CSC1CCC(Nc2ncc(C)cc2N)CC1. The number of nitrogens with zero attached hydrogens (tertiary/aromatic N) is 1. The molecule has 1 saturated carbocycles. The minimum atomic E-state index is 0.538. The summed E-state index contributed by atoms with van der Waals surface area (Å²) in [5.74, 6) is 0.850. The van der Waals surface area contributed by atoms with E-state index in [2.05, 4.69) is 16.6 Å². The maximum Gasteiger partial charge on any atom is 0.149 e. The fourth-order valence-corrected chi connectivity index (χ4v) is 3.09. The van der Waals surface area contributed by atoms with Crippen LogP contribution in [0, 0.1) is 6.92 Å². The first-order valence-corrected chi connectivity index (χ1v) is 7.49. The van der Waals surface area contributed by atoms with E-state index in [1.807, 2.05) is 30.9 Å². The quantitative estimate of drug-likeness (QED) is 0.867. The lowest BCUT2D eigenvalue weighted by Crippen LogP contribution is -2.27. The van der Waals surface area contributed by atoms with Gasteiger partial charge in [-0.3, -0.25) is 0 Å². The van der Waals surface area contributed by atoms with Crippen LogP contribution in [0.1, 0.15) is 31.2 Å². The van der Waals surface area contributed by atoms with Gasteiger partial charge in [-0.15, -0.1) is 0 Å². The standard InChI is InChI=1S/C13H21N3S/c1-9-7-12(14)13(15-8-9)16-10-3-5-11(17-2)6-4-10/h7-8,10-11H,3-6,14H2,1-2H3,(H,15,16). The average molecular weight is 251 g/mol. The van der Waals surface area contributed by atoms with Gasteiger partial charge in [0.2, 0.25) is 0 Å². The number of anilines is 2. The van der Waals surface area contributed by atoms with Crippen LogP contribution in [0.5, 0.6) is 0 Å². The number of nitrogens with two attached hydrogens (primary N) is 1. The summed E-state index contributed by atoms with van der Waals surface area (Å²) in [5.41, 5.74) is 7.83. The van der Waals surface area contributed by atoms with Crippen molar-refractivity contribution in [3.8, 4) is 0 Å². The second-order valence-corrected chi connectivity index (χ2v) is 5.94. The Morgan fingerprint density at radius 2 is 2.06 bits per heavy atom. The van der Waals surface area contributed by atoms with E-state index >= 15 is 0 Å². The Morgan fingerprint density at radius 1 is 1.35 bits per heavy atom. The first-order valence-electron chi connectivity index (χ1n) is 6.20. The number of aromatic nitrogens is 1. The molecular weight excluding hydrogens is 230 g/mol. The lowest BCUT2D eigenvalue weighted by molar-refractivity contribution is 0.472. The van der Waals surface area contributed by atoms with Crippen LogP contribution in [0.2, 0.25) is 0 Å². The molecule has 3 nitrogen and oxygen atoms in total. The van der Waals surface area contributed by atoms with Gasteiger partial charge in [0, 0.05) is 17.5 Å². The van der Waals surface area contributed by atoms with Crippen molar-refractivity contribution < 1.29 is 0 Å². The van der Waals surface area contributed by atoms with E-state index in [1.54, 1.807) is 0 Å². The first-order chi connectivity index (χ1) is 8.19. The molecule has 0 spiro atoms. The molecule has 4 heteroatoms. The lowest BCUT2D eigenvalue weighted by atomic mass is 9.95. The van der Waals surface area contributed by atoms with Crippen molar-refractivity contribution in [2.24, 2.45) is 0 Å². The van der Waals surface area contributed by atoms with Gasteiger partial charge in [0.05, 0.1) is 5.69 Å². The van der Waals surface area contributed by atoms with E-state index in [1.165, 1.54) is 25.7 Å². The van der Waals surface area contributed by atoms with Gasteiger partial charge in [0.15, 0.2) is 0 Å². The molecule has 0 unspecified atom stereocenters. The number of pyridine rings is 1. The van der Waals surface area contributed by atoms with Crippen molar-refractivity contribution in [3.63, 3.8) is 0 Å². The van der Waals surface area contributed by atoms with Crippen LogP contribution in [-0.2, 0) is 0 Å². The Morgan fingerprint density at radius 3 is 2.65 bits per heavy atom. The fourth-order valence-electron chi connectivity index (χ4n) is 2.35. The predicted molar refractivity (Wildman–Crippen MR) is 76.6 cm³/mol. The van der Waals surface area contributed by atoms with Crippen LogP contribution in [-0.4, -0.2) is 22.5 Å². The van der Waals surface area contributed by atoms with Crippen LogP contribution < -0.4 is 11.1 Å². The highest BCUT2D eigenvalue weighted by Gasteiger charge is 2.20. The monoisotopic (exact) mass is 251 g/mol. The Balaban J connectivity index is 1.93. The van der Waals surface area contributed by atoms with E-state index < -0.39 is 0 Å². The number of aryl methyl sites for hydroxylation is 1. The predicted octanol–water partition coefficient (Wildman–Crippen LogP) is 3.06. The average Bonchev–Trinajstić information content (AvgIpc) is 2.34. The molecule has 1 aliphatic rings. The molecule has 0 atom stereocenters. The molecule has 94 valence electrons. The van der Waals surface area contributed by atoms with Crippen molar-refractivity contribution in [1.29, 1.82) is 0 Å². The number of hydrogen-bond donors (Lipinski definition) is 2. The molecule has 1 aromatic heterocycles. The molecule has 0 aliphatic heterocycles. The number of nitrogen functional groups attached to an aromatic ring is 1. The Hall–Kier alpha value is -0.900. The third kappa shape index (κ3) is 3.28. The molecule has 1 aliphatic carbocycles. The molecule has 0 radical (unpaired) electrons. The number of nitrogens with one attached hydrogen (secondary N) is 1. The molecule has 0 amide bonds. The van der Waals surface area contributed by atoms with Gasteiger partial charge in [-0.05, 0) is 50.5 Å². The van der Waals surface area contributed by atoms with Crippen molar-refractivity contribution >= 4 is 23.3 Å². The Kier molecular flexibility index (Phi) is 4.15. The molecule has 1 aromatic rings. The van der Waals surface area contributed by atoms with Gasteiger partial charge in [0.1, 0.15) is 5.82 Å². The van der Waals surface area contributed by atoms with Crippen LogP contribution in [0.25, 0.3) is 0 Å². The van der Waals surface area contributed by atoms with Crippen LogP contribution >= 0.6 is 11.8 Å². The van der Waals surface area contributed by atoms with Gasteiger partial charge in [-0.25, -0.2) is 4.98 Å². The van der Waals surface area contributed by atoms with Crippen molar-refractivity contribution in [2.45, 2.75) is 43.9 Å². The normalized spacial score (nSPS) is 24.6. The zero-order valence-corrected chi connectivity index (χ0v) is 11.4. The van der Waals surface area contributed by atoms with Gasteiger partial charge >= 0.3 is 0 Å². The highest BCUT2D eigenvalue weighted by molar-refractivity contribution is 7.99. The summed E-state index contributed by atoms with van der Waals surface area (Å²) in [4.78, 5) is 4.37. The summed E-state index contributed by atoms with van der Waals surface area (Å²) in [6.45, 7) is 2.01. The smallest absolute Gasteiger partial charge is 0.149 e. The molecule has 0 saturated heterocycles. The van der Waals surface area contributed by atoms with E-state index in [0.717, 1.165) is 22.3 Å². The molecule has 2 rings (SSSR count). The largest absolute Gasteiger partial charge is 0.396 e. The summed E-state index contributed by atoms with van der Waals surface area (Å²) >= 11 is 1.99. The molecular formula is C13H21N3S. The zero-order chi connectivity index (χ0) is 12.3. The minimum Gasteiger partial charge on any atom is -0.396 e. The number of thioether (sulfide) groups is 1. The van der Waals surface area contributed by atoms with E-state index in [-0.39, 0.29) is 0 Å². The van der Waals surface area contributed by atoms with Gasteiger partial charge in [-0.2, -0.15) is 11.8 Å². The molecule has 3 N–H and O–H groups in total. The van der Waals surface area contributed by atoms with Crippen molar-refractivity contribution in [2.75, 3.05) is 17.3 Å². The summed E-state index contributed by atoms with van der Waals surface area (Å²) in [5, 5.41) is 4.32. The van der Waals surface area contributed by atoms with E-state index in [0.29, 0.717) is 6.04 Å². The molecule has 1 heterocycles. The summed E-state index contributed by atoms with van der Waals surface area (Å²) in [7, 11) is 0. The highest BCUT2D eigenvalue weighted by Crippen LogP contribution is 2.29. The third-order valence-electron chi connectivity index (χ3n) is 3.40. The minimum absolute atomic E-state index is 0.538. The fraction of sp³-hybridized carbons (Fsp3) is 0.615. The topological polar surface area (TPSA) is 50.9 Å². The van der Waals surface area contributed by atoms with Crippen LogP contribution in [0.15, 0.2) is 12.3 Å². The first kappa shape index (κ1) is 12.6. The van der Waals surface area contributed by atoms with Crippen molar-refractivity contribution in [3.05, 3.63) is 17.8 Å². The molecule has 1 fully saturated rings. The van der Waals surface area contributed by atoms with Crippen LogP contribution in [0.3, 0.4) is 0 Å². The number of hydrogen-bond acceptors (Lipinski definition) is 4. The van der Waals surface area contributed by atoms with E-state index in [4.69, 9.17) is 5.73 Å². The molecule has 0 bridgehead atoms. The van der Waals surface area contributed by atoms with Crippen LogP contribution in [0.4, 0.5) is 11.5 Å². The second-order valence-electron chi connectivity index (χ2n) is 4.80. The maximum absolute atomic E-state index is 5.96. The van der Waals surface area contributed by atoms with E-state index in [9.17, 15) is 0 Å². The van der Waals surface area contributed by atoms with Gasteiger partial charge < -0.3 is 11.1 Å². The molecule has 0 aromatic carbocycles. The zero-order valence-electron chi connectivity index (χ0n) is 10.6. The van der Waals surface area contributed by atoms with Gasteiger partial charge in [0.25, 0.3) is 0 Å². The maximum atomic E-state index is 5.96. The summed E-state index contributed by atoms with van der Waals surface area (Å²) in [6, 6.07) is 2.51. The van der Waals surface area contributed by atoms with Gasteiger partial charge in [-0.1, -0.05) is 0 Å². The highest BCUT2D eigenvalue weighted by atomic mass is 32.2. The second kappa shape index (κ2) is 5.63. The Bertz CT molecular complexity index is 373.